The van der Waals surface area contributed by atoms with Crippen LogP contribution in [-0.4, -0.2) is 23.6 Å². The first kappa shape index (κ1) is 18.1. The van der Waals surface area contributed by atoms with E-state index in [1.54, 1.807) is 0 Å². The molecule has 1 fully saturated rings. The van der Waals surface area contributed by atoms with Crippen LogP contribution < -0.4 is 10.6 Å². The molecule has 1 aromatic carbocycles. The molecule has 0 radical (unpaired) electrons. The maximum absolute atomic E-state index is 12.7. The van der Waals surface area contributed by atoms with Crippen LogP contribution >= 0.6 is 11.8 Å². The predicted octanol–water partition coefficient (Wildman–Crippen LogP) is 3.81. The first-order chi connectivity index (χ1) is 11.8. The molecule has 136 valence electrons. The normalized spacial score (nSPS) is 20.9. The van der Waals surface area contributed by atoms with E-state index in [9.17, 15) is 22.8 Å². The third-order valence-corrected chi connectivity index (χ3v) is 5.84. The van der Waals surface area contributed by atoms with Crippen LogP contribution in [0.5, 0.6) is 0 Å². The van der Waals surface area contributed by atoms with E-state index in [1.165, 1.54) is 18.9 Å². The highest BCUT2D eigenvalue weighted by Gasteiger charge is 2.34. The number of hydrogen-bond donors (Lipinski definition) is 2. The summed E-state index contributed by atoms with van der Waals surface area (Å²) in [6, 6.07) is 3.25. The maximum atomic E-state index is 12.7. The van der Waals surface area contributed by atoms with Gasteiger partial charge in [-0.15, -0.1) is 11.8 Å². The molecule has 2 amide bonds. The quantitative estimate of drug-likeness (QED) is 0.845. The van der Waals surface area contributed by atoms with Gasteiger partial charge in [-0.3, -0.25) is 9.59 Å². The Bertz CT molecular complexity index is 672. The van der Waals surface area contributed by atoms with Crippen molar-refractivity contribution in [2.75, 3.05) is 11.9 Å². The maximum Gasteiger partial charge on any atom is 0.416 e. The van der Waals surface area contributed by atoms with E-state index in [1.807, 2.05) is 0 Å². The van der Waals surface area contributed by atoms with Gasteiger partial charge in [-0.1, -0.05) is 12.8 Å². The number of amides is 2. The molecule has 1 atom stereocenters. The lowest BCUT2D eigenvalue weighted by molar-refractivity contribution is -0.137. The Kier molecular flexibility index (Phi) is 5.27. The second-order valence-corrected chi connectivity index (χ2v) is 7.71. The molecule has 4 nitrogen and oxygen atoms in total. The van der Waals surface area contributed by atoms with Crippen molar-refractivity contribution in [2.24, 2.45) is 5.92 Å². The number of thioether (sulfide) groups is 1. The molecule has 1 unspecified atom stereocenters. The van der Waals surface area contributed by atoms with Crippen molar-refractivity contribution in [2.45, 2.75) is 48.4 Å². The van der Waals surface area contributed by atoms with Gasteiger partial charge in [0, 0.05) is 17.9 Å². The number of nitrogens with one attached hydrogen (secondary N) is 2. The fourth-order valence-corrected chi connectivity index (χ4v) is 4.27. The first-order valence-electron chi connectivity index (χ1n) is 8.28. The molecule has 8 heteroatoms. The summed E-state index contributed by atoms with van der Waals surface area (Å²) >= 11 is 1.13. The van der Waals surface area contributed by atoms with Crippen LogP contribution in [0.4, 0.5) is 18.9 Å². The zero-order valence-electron chi connectivity index (χ0n) is 13.5. The van der Waals surface area contributed by atoms with Crippen molar-refractivity contribution in [3.05, 3.63) is 23.8 Å². The number of carbonyl (C=O) groups excluding carboxylic acids is 2. The molecule has 1 saturated carbocycles. The predicted molar refractivity (Wildman–Crippen MR) is 89.3 cm³/mol. The summed E-state index contributed by atoms with van der Waals surface area (Å²) in [5, 5.41) is 4.72. The Labute approximate surface area is 147 Å². The summed E-state index contributed by atoms with van der Waals surface area (Å²) in [5.41, 5.74) is -0.660. The summed E-state index contributed by atoms with van der Waals surface area (Å²) in [5.74, 6) is -0.124. The molecule has 0 bridgehead atoms. The SMILES string of the molecule is O=C(CC1Sc2ccc(C(F)(F)F)cc2NC1=O)NCC1CCCC1. The highest BCUT2D eigenvalue weighted by molar-refractivity contribution is 8.01. The Morgan fingerprint density at radius 2 is 2.00 bits per heavy atom. The van der Waals surface area contributed by atoms with Crippen LogP contribution in [0.1, 0.15) is 37.7 Å². The number of hydrogen-bond acceptors (Lipinski definition) is 3. The molecule has 2 aliphatic rings. The summed E-state index contributed by atoms with van der Waals surface area (Å²) in [4.78, 5) is 24.7. The van der Waals surface area contributed by atoms with Crippen molar-refractivity contribution in [1.82, 2.24) is 5.32 Å². The Balaban J connectivity index is 1.59. The van der Waals surface area contributed by atoms with Gasteiger partial charge in [-0.2, -0.15) is 13.2 Å². The van der Waals surface area contributed by atoms with Crippen molar-refractivity contribution in [3.63, 3.8) is 0 Å². The van der Waals surface area contributed by atoms with Crippen molar-refractivity contribution in [1.29, 1.82) is 0 Å². The number of alkyl halides is 3. The molecular weight excluding hydrogens is 353 g/mol. The van der Waals surface area contributed by atoms with E-state index in [-0.39, 0.29) is 18.0 Å². The van der Waals surface area contributed by atoms with Crippen molar-refractivity contribution in [3.8, 4) is 0 Å². The lowest BCUT2D eigenvalue weighted by Crippen LogP contribution is -2.36. The van der Waals surface area contributed by atoms with E-state index >= 15 is 0 Å². The molecular formula is C17H19F3N2O2S. The topological polar surface area (TPSA) is 58.2 Å². The van der Waals surface area contributed by atoms with Crippen LogP contribution in [0.15, 0.2) is 23.1 Å². The second-order valence-electron chi connectivity index (χ2n) is 6.46. The molecule has 1 aliphatic carbocycles. The standard InChI is InChI=1S/C17H19F3N2O2S/c18-17(19,20)11-5-6-13-12(7-11)22-16(24)14(25-13)8-15(23)21-9-10-3-1-2-4-10/h5-7,10,14H,1-4,8-9H2,(H,21,23)(H,22,24). The fourth-order valence-electron chi connectivity index (χ4n) is 3.17. The van der Waals surface area contributed by atoms with Gasteiger partial charge in [0.25, 0.3) is 0 Å². The minimum atomic E-state index is -4.46. The van der Waals surface area contributed by atoms with Crippen LogP contribution in [0.25, 0.3) is 0 Å². The smallest absolute Gasteiger partial charge is 0.356 e. The van der Waals surface area contributed by atoms with Crippen LogP contribution in [-0.2, 0) is 15.8 Å². The highest BCUT2D eigenvalue weighted by atomic mass is 32.2. The van der Waals surface area contributed by atoms with Crippen LogP contribution in [0, 0.1) is 5.92 Å². The Hall–Kier alpha value is -1.70. The average Bonchev–Trinajstić information content (AvgIpc) is 3.06. The van der Waals surface area contributed by atoms with Crippen molar-refractivity contribution >= 4 is 29.3 Å². The minimum absolute atomic E-state index is 0.0175. The fraction of sp³-hybridized carbons (Fsp3) is 0.529. The van der Waals surface area contributed by atoms with Gasteiger partial charge in [0.05, 0.1) is 16.5 Å². The van der Waals surface area contributed by atoms with Gasteiger partial charge in [0.2, 0.25) is 11.8 Å². The zero-order valence-corrected chi connectivity index (χ0v) is 14.3. The number of halogens is 3. The number of benzene rings is 1. The molecule has 1 aliphatic heterocycles. The number of rotatable bonds is 4. The van der Waals surface area contributed by atoms with Gasteiger partial charge in [0.1, 0.15) is 0 Å². The van der Waals surface area contributed by atoms with Gasteiger partial charge >= 0.3 is 6.18 Å². The summed E-state index contributed by atoms with van der Waals surface area (Å²) < 4.78 is 38.2. The van der Waals surface area contributed by atoms with Gasteiger partial charge in [-0.05, 0) is 37.0 Å². The van der Waals surface area contributed by atoms with E-state index in [0.29, 0.717) is 17.4 Å². The van der Waals surface area contributed by atoms with E-state index in [0.717, 1.165) is 36.7 Å². The number of fused-ring (bicyclic) bond motifs is 1. The number of carbonyl (C=O) groups is 2. The average molecular weight is 372 g/mol. The lowest BCUT2D eigenvalue weighted by atomic mass is 10.1. The van der Waals surface area contributed by atoms with E-state index in [2.05, 4.69) is 10.6 Å². The van der Waals surface area contributed by atoms with E-state index in [4.69, 9.17) is 0 Å². The molecule has 0 aromatic heterocycles. The molecule has 0 spiro atoms. The van der Waals surface area contributed by atoms with Gasteiger partial charge < -0.3 is 10.6 Å². The van der Waals surface area contributed by atoms with E-state index < -0.39 is 22.9 Å². The van der Waals surface area contributed by atoms with Gasteiger partial charge in [-0.25, -0.2) is 0 Å². The summed E-state index contributed by atoms with van der Waals surface area (Å²) in [6.45, 7) is 0.628. The van der Waals surface area contributed by atoms with Crippen molar-refractivity contribution < 1.29 is 22.8 Å². The molecule has 1 heterocycles. The highest BCUT2D eigenvalue weighted by Crippen LogP contribution is 2.40. The third-order valence-electron chi connectivity index (χ3n) is 4.56. The van der Waals surface area contributed by atoms with Crippen LogP contribution in [0.2, 0.25) is 0 Å². The lowest BCUT2D eigenvalue weighted by Gasteiger charge is -2.24. The van der Waals surface area contributed by atoms with Gasteiger partial charge in [0.15, 0.2) is 0 Å². The Morgan fingerprint density at radius 3 is 2.68 bits per heavy atom. The molecule has 1 aromatic rings. The molecule has 2 N–H and O–H groups in total. The second kappa shape index (κ2) is 7.27. The number of anilines is 1. The van der Waals surface area contributed by atoms with Crippen LogP contribution in [0.3, 0.4) is 0 Å². The molecule has 3 rings (SSSR count). The monoisotopic (exact) mass is 372 g/mol. The Morgan fingerprint density at radius 1 is 1.28 bits per heavy atom. The molecule has 0 saturated heterocycles. The zero-order chi connectivity index (χ0) is 18.0. The molecule has 25 heavy (non-hydrogen) atoms. The third kappa shape index (κ3) is 4.48. The summed E-state index contributed by atoms with van der Waals surface area (Å²) in [6.07, 6.45) is 0.184. The first-order valence-corrected chi connectivity index (χ1v) is 9.16. The summed E-state index contributed by atoms with van der Waals surface area (Å²) in [7, 11) is 0. The largest absolute Gasteiger partial charge is 0.416 e. The minimum Gasteiger partial charge on any atom is -0.356 e.